The molecule has 47 heavy (non-hydrogen) atoms. The van der Waals surface area contributed by atoms with Gasteiger partial charge < -0.3 is 39.9 Å². The first kappa shape index (κ1) is 39.2. The average Bonchev–Trinajstić information content (AvgIpc) is 3.48. The molecule has 0 fully saturated rings. The van der Waals surface area contributed by atoms with Crippen LogP contribution in [0.25, 0.3) is 0 Å². The first-order valence-electron chi connectivity index (χ1n) is 18.0. The number of anilines is 1. The maximum atomic E-state index is 13.6. The molecule has 266 valence electrons. The Kier molecular flexibility index (Phi) is 20.0. The molecule has 1 aromatic heterocycles. The summed E-state index contributed by atoms with van der Waals surface area (Å²) in [5.41, 5.74) is 13.3. The van der Waals surface area contributed by atoms with Crippen molar-refractivity contribution in [3.8, 4) is 0 Å². The summed E-state index contributed by atoms with van der Waals surface area (Å²) < 4.78 is 38.5. The molecule has 1 aliphatic heterocycles. The van der Waals surface area contributed by atoms with E-state index in [1.54, 1.807) is 6.33 Å². The van der Waals surface area contributed by atoms with Crippen molar-refractivity contribution >= 4 is 19.4 Å². The largest absolute Gasteiger partial charge is 0.379 e. The van der Waals surface area contributed by atoms with E-state index in [0.29, 0.717) is 31.3 Å². The second-order valence-electron chi connectivity index (χ2n) is 12.4. The van der Waals surface area contributed by atoms with E-state index in [1.807, 2.05) is 34.9 Å². The smallest absolute Gasteiger partial charge is 0.356 e. The molecule has 2 heterocycles. The molecule has 2 aromatic rings. The molecule has 0 radical (unpaired) electrons. The number of unbranched alkanes of at least 4 members (excludes halogenated alkanes) is 15. The summed E-state index contributed by atoms with van der Waals surface area (Å²) in [7, 11) is -3.53. The number of nitrogens with zero attached hydrogens (tertiary/aromatic N) is 3. The summed E-state index contributed by atoms with van der Waals surface area (Å²) in [6.45, 7) is 4.34. The van der Waals surface area contributed by atoms with E-state index >= 15 is 0 Å². The number of ether oxygens (including phenoxy) is 2. The summed E-state index contributed by atoms with van der Waals surface area (Å²) in [5, 5.41) is 2.99. The molecule has 1 aromatic carbocycles. The molecule has 2 unspecified atom stereocenters. The van der Waals surface area contributed by atoms with E-state index in [4.69, 9.17) is 30.0 Å². The van der Waals surface area contributed by atoms with Crippen LogP contribution >= 0.6 is 7.60 Å². The molecular weight excluding hydrogens is 615 g/mol. The van der Waals surface area contributed by atoms with Crippen molar-refractivity contribution in [3.63, 3.8) is 0 Å². The highest BCUT2D eigenvalue weighted by atomic mass is 31.2. The second kappa shape index (κ2) is 24.0. The molecule has 1 aliphatic rings. The highest BCUT2D eigenvalue weighted by Crippen LogP contribution is 2.48. The number of guanidine groups is 1. The van der Waals surface area contributed by atoms with Crippen LogP contribution in [0.5, 0.6) is 0 Å². The topological polar surface area (TPSA) is 148 Å². The molecule has 0 aliphatic carbocycles. The maximum absolute atomic E-state index is 13.6. The van der Waals surface area contributed by atoms with Crippen LogP contribution in [0.4, 0.5) is 5.82 Å². The first-order valence-corrected chi connectivity index (χ1v) is 19.7. The summed E-state index contributed by atoms with van der Waals surface area (Å²) in [5.74, 6) is 0.909. The summed E-state index contributed by atoms with van der Waals surface area (Å²) >= 11 is 0. The molecule has 12 heteroatoms. The molecule has 0 saturated carbocycles. The lowest BCUT2D eigenvalue weighted by molar-refractivity contribution is 0.0756. The summed E-state index contributed by atoms with van der Waals surface area (Å²) in [4.78, 5) is 8.39. The number of nitrogens with one attached hydrogen (secondary N) is 1. The molecule has 0 amide bonds. The fraction of sp³-hybridized carbons (Fsp3) is 0.714. The minimum absolute atomic E-state index is 0.164. The van der Waals surface area contributed by atoms with E-state index in [1.165, 1.54) is 96.3 Å². The lowest BCUT2D eigenvalue weighted by atomic mass is 10.0. The van der Waals surface area contributed by atoms with E-state index < -0.39 is 13.8 Å². The van der Waals surface area contributed by atoms with Crippen LogP contribution in [-0.4, -0.2) is 48.3 Å². The number of benzene rings is 1. The van der Waals surface area contributed by atoms with Crippen molar-refractivity contribution in [3.05, 3.63) is 47.9 Å². The van der Waals surface area contributed by atoms with Crippen molar-refractivity contribution in [2.24, 2.45) is 16.5 Å². The molecule has 3 rings (SSSR count). The van der Waals surface area contributed by atoms with Gasteiger partial charge in [-0.1, -0.05) is 134 Å². The SMILES string of the molecule is CCCCCCCCCCCCCCCCCCOCCOP(=O)(COCCn1cnc2c1NC(N)=NC2N)OCc1ccccc1. The van der Waals surface area contributed by atoms with Gasteiger partial charge in [-0.15, -0.1) is 0 Å². The third kappa shape index (κ3) is 16.6. The quantitative estimate of drug-likeness (QED) is 0.0572. The van der Waals surface area contributed by atoms with E-state index in [9.17, 15) is 4.57 Å². The van der Waals surface area contributed by atoms with Crippen LogP contribution in [-0.2, 0) is 36.2 Å². The van der Waals surface area contributed by atoms with Gasteiger partial charge in [-0.25, -0.2) is 9.98 Å². The third-order valence-electron chi connectivity index (χ3n) is 8.33. The van der Waals surface area contributed by atoms with Gasteiger partial charge in [-0.3, -0.25) is 4.57 Å². The van der Waals surface area contributed by atoms with Gasteiger partial charge in [0.2, 0.25) is 0 Å². The molecule has 5 N–H and O–H groups in total. The van der Waals surface area contributed by atoms with Gasteiger partial charge in [0.1, 0.15) is 24.0 Å². The molecule has 0 saturated heterocycles. The number of rotatable bonds is 29. The molecular formula is C35H61N6O5P. The Hall–Kier alpha value is -2.27. The first-order chi connectivity index (χ1) is 23.0. The highest BCUT2D eigenvalue weighted by Gasteiger charge is 2.26. The van der Waals surface area contributed by atoms with Crippen LogP contribution in [0.1, 0.15) is 127 Å². The van der Waals surface area contributed by atoms with Gasteiger partial charge in [-0.05, 0) is 12.0 Å². The number of nitrogens with two attached hydrogens (primary N) is 2. The van der Waals surface area contributed by atoms with Crippen LogP contribution in [0.15, 0.2) is 41.7 Å². The Bertz CT molecular complexity index is 1160. The Balaban J connectivity index is 1.22. The predicted molar refractivity (Wildman–Crippen MR) is 190 cm³/mol. The van der Waals surface area contributed by atoms with Gasteiger partial charge in [0.15, 0.2) is 5.96 Å². The van der Waals surface area contributed by atoms with Crippen molar-refractivity contribution in [2.75, 3.05) is 38.1 Å². The number of fused-ring (bicyclic) bond motifs is 1. The fourth-order valence-corrected chi connectivity index (χ4v) is 6.85. The van der Waals surface area contributed by atoms with E-state index in [2.05, 4.69) is 22.2 Å². The fourth-order valence-electron chi connectivity index (χ4n) is 5.57. The Morgan fingerprint density at radius 2 is 1.40 bits per heavy atom. The highest BCUT2D eigenvalue weighted by molar-refractivity contribution is 7.53. The van der Waals surface area contributed by atoms with Crippen molar-refractivity contribution in [1.82, 2.24) is 9.55 Å². The normalized spacial score (nSPS) is 15.6. The van der Waals surface area contributed by atoms with Crippen LogP contribution in [0, 0.1) is 0 Å². The van der Waals surface area contributed by atoms with Gasteiger partial charge in [0.05, 0.1) is 32.8 Å². The molecule has 0 bridgehead atoms. The maximum Gasteiger partial charge on any atom is 0.356 e. The number of hydrogen-bond acceptors (Lipinski definition) is 10. The van der Waals surface area contributed by atoms with Gasteiger partial charge in [0.25, 0.3) is 0 Å². The Morgan fingerprint density at radius 3 is 2.04 bits per heavy atom. The monoisotopic (exact) mass is 676 g/mol. The molecule has 0 spiro atoms. The zero-order valence-corrected chi connectivity index (χ0v) is 29.7. The van der Waals surface area contributed by atoms with Gasteiger partial charge >= 0.3 is 7.60 Å². The zero-order valence-electron chi connectivity index (χ0n) is 28.8. The standard InChI is InChI=1S/C35H61N6O5P/c1-2-3-4-5-6-7-8-9-10-11-12-13-14-15-16-20-24-43-26-27-45-47(42,46-28-31-21-18-17-19-22-31)30-44-25-23-41-29-38-32-33(36)39-35(37)40-34(32)41/h17-19,21-22,29,33H,2-16,20,23-28,30,36H2,1H3,(H3,37,39,40). The van der Waals surface area contributed by atoms with E-state index in [-0.39, 0.29) is 32.1 Å². The van der Waals surface area contributed by atoms with Gasteiger partial charge in [0, 0.05) is 13.2 Å². The minimum Gasteiger partial charge on any atom is -0.379 e. The lowest BCUT2D eigenvalue weighted by Crippen LogP contribution is -2.31. The van der Waals surface area contributed by atoms with Crippen LogP contribution < -0.4 is 16.8 Å². The minimum atomic E-state index is -3.53. The van der Waals surface area contributed by atoms with Crippen molar-refractivity contribution in [1.29, 1.82) is 0 Å². The predicted octanol–water partition coefficient (Wildman–Crippen LogP) is 8.26. The van der Waals surface area contributed by atoms with Crippen molar-refractivity contribution < 1.29 is 23.1 Å². The van der Waals surface area contributed by atoms with Crippen molar-refractivity contribution in [2.45, 2.75) is 129 Å². The van der Waals surface area contributed by atoms with Gasteiger partial charge in [-0.2, -0.15) is 0 Å². The van der Waals surface area contributed by atoms with Crippen LogP contribution in [0.3, 0.4) is 0 Å². The Morgan fingerprint density at radius 1 is 0.787 bits per heavy atom. The number of aliphatic imine (C=N–C) groups is 1. The zero-order chi connectivity index (χ0) is 33.4. The van der Waals surface area contributed by atoms with E-state index in [0.717, 1.165) is 12.0 Å². The second-order valence-corrected chi connectivity index (χ2v) is 14.4. The number of aromatic nitrogens is 2. The number of imidazole rings is 1. The average molecular weight is 677 g/mol. The lowest BCUT2D eigenvalue weighted by Gasteiger charge is -2.20. The summed E-state index contributed by atoms with van der Waals surface area (Å²) in [6.07, 6.45) is 22.3. The molecule has 2 atom stereocenters. The summed E-state index contributed by atoms with van der Waals surface area (Å²) in [6, 6.07) is 9.59. The molecule has 11 nitrogen and oxygen atoms in total. The third-order valence-corrected chi connectivity index (χ3v) is 9.92. The van der Waals surface area contributed by atoms with Crippen LogP contribution in [0.2, 0.25) is 0 Å². The Labute approximate surface area is 283 Å². The number of hydrogen-bond donors (Lipinski definition) is 3.